The van der Waals surface area contributed by atoms with Crippen molar-refractivity contribution in [2.45, 2.75) is 6.42 Å². The van der Waals surface area contributed by atoms with Gasteiger partial charge in [0.15, 0.2) is 11.6 Å². The average molecular weight is 434 g/mol. The lowest BCUT2D eigenvalue weighted by atomic mass is 10.1. The Kier molecular flexibility index (Phi) is 8.81. The van der Waals surface area contributed by atoms with Crippen molar-refractivity contribution in [1.29, 1.82) is 0 Å². The molecule has 2 aromatic carbocycles. The zero-order chi connectivity index (χ0) is 21.2. The van der Waals surface area contributed by atoms with E-state index in [0.717, 1.165) is 17.9 Å². The number of hydrogen-bond acceptors (Lipinski definition) is 8. The number of non-ortho nitro benzene ring substituents is 2. The maximum atomic E-state index is 12.1. The van der Waals surface area contributed by atoms with E-state index in [0.29, 0.717) is 11.1 Å². The number of Topliss-reactive ketones (excluding diaryl/α,β-unsaturated/α-hetero) is 2. The van der Waals surface area contributed by atoms with Gasteiger partial charge in [-0.15, -0.1) is 0 Å². The molecule has 29 heavy (non-hydrogen) atoms. The topological polar surface area (TPSA) is 120 Å². The summed E-state index contributed by atoms with van der Waals surface area (Å²) in [5, 5.41) is 21.5. The Labute approximate surface area is 175 Å². The fourth-order valence-corrected chi connectivity index (χ4v) is 4.22. The van der Waals surface area contributed by atoms with Crippen molar-refractivity contribution in [3.05, 3.63) is 79.9 Å². The highest BCUT2D eigenvalue weighted by molar-refractivity contribution is 8.00. The molecule has 0 aliphatic rings. The van der Waals surface area contributed by atoms with Gasteiger partial charge in [-0.1, -0.05) is 24.3 Å². The zero-order valence-electron chi connectivity index (χ0n) is 15.3. The first-order chi connectivity index (χ1) is 13.9. The summed E-state index contributed by atoms with van der Waals surface area (Å²) in [6.07, 6.45) is 0.791. The molecular weight excluding hydrogens is 416 g/mol. The van der Waals surface area contributed by atoms with Crippen LogP contribution in [0.2, 0.25) is 0 Å². The van der Waals surface area contributed by atoms with Gasteiger partial charge in [0.2, 0.25) is 0 Å². The molecule has 10 heteroatoms. The van der Waals surface area contributed by atoms with Crippen LogP contribution < -0.4 is 0 Å². The second kappa shape index (κ2) is 11.3. The number of carbonyl (C=O) groups is 2. The fraction of sp³-hybridized carbons (Fsp3) is 0.263. The molecule has 0 aliphatic carbocycles. The van der Waals surface area contributed by atoms with Gasteiger partial charge in [0.25, 0.3) is 11.4 Å². The summed E-state index contributed by atoms with van der Waals surface area (Å²) in [4.78, 5) is 44.6. The Balaban J connectivity index is 1.65. The first-order valence-electron chi connectivity index (χ1n) is 8.59. The predicted molar refractivity (Wildman–Crippen MR) is 114 cm³/mol. The van der Waals surface area contributed by atoms with Crippen LogP contribution in [0, 0.1) is 20.2 Å². The van der Waals surface area contributed by atoms with E-state index < -0.39 is 9.85 Å². The minimum atomic E-state index is -0.532. The normalized spacial score (nSPS) is 10.5. The van der Waals surface area contributed by atoms with Crippen LogP contribution in [0.4, 0.5) is 11.4 Å². The summed E-state index contributed by atoms with van der Waals surface area (Å²) in [5.74, 6) is 1.59. The lowest BCUT2D eigenvalue weighted by molar-refractivity contribution is -0.385. The number of nitro benzene ring substituents is 2. The Morgan fingerprint density at radius 1 is 0.759 bits per heavy atom. The van der Waals surface area contributed by atoms with Crippen LogP contribution in [0.15, 0.2) is 48.5 Å². The van der Waals surface area contributed by atoms with Crippen molar-refractivity contribution in [1.82, 2.24) is 0 Å². The molecular formula is C19H18N2O6S2. The van der Waals surface area contributed by atoms with E-state index in [1.165, 1.54) is 59.9 Å². The van der Waals surface area contributed by atoms with E-state index in [9.17, 15) is 29.8 Å². The maximum Gasteiger partial charge on any atom is 0.270 e. The van der Waals surface area contributed by atoms with Gasteiger partial charge in [-0.3, -0.25) is 29.8 Å². The van der Waals surface area contributed by atoms with E-state index in [4.69, 9.17) is 0 Å². The third-order valence-corrected chi connectivity index (χ3v) is 5.89. The Bertz CT molecular complexity index is 846. The standard InChI is InChI=1S/C19H18N2O6S2/c22-18(14-4-1-6-16(10-14)20(24)25)12-28-8-3-9-29-13-19(23)15-5-2-7-17(11-15)21(26)27/h1-2,4-7,10-11H,3,8-9,12-13H2. The van der Waals surface area contributed by atoms with Gasteiger partial charge in [-0.2, -0.15) is 23.5 Å². The molecule has 0 saturated heterocycles. The molecule has 0 unspecified atom stereocenters. The number of ketones is 2. The largest absolute Gasteiger partial charge is 0.293 e. The van der Waals surface area contributed by atoms with Gasteiger partial charge in [0.05, 0.1) is 21.4 Å². The van der Waals surface area contributed by atoms with Crippen LogP contribution in [-0.4, -0.2) is 44.4 Å². The lowest BCUT2D eigenvalue weighted by Gasteiger charge is -2.03. The first kappa shape index (κ1) is 22.6. The van der Waals surface area contributed by atoms with Gasteiger partial charge in [0.1, 0.15) is 0 Å². The number of benzene rings is 2. The van der Waals surface area contributed by atoms with E-state index in [2.05, 4.69) is 0 Å². The number of carbonyl (C=O) groups excluding carboxylic acids is 2. The van der Waals surface area contributed by atoms with Crippen molar-refractivity contribution >= 4 is 46.5 Å². The molecule has 0 atom stereocenters. The van der Waals surface area contributed by atoms with Gasteiger partial charge < -0.3 is 0 Å². The second-order valence-corrected chi connectivity index (χ2v) is 8.13. The Hall–Kier alpha value is -2.72. The highest BCUT2D eigenvalue weighted by atomic mass is 32.2. The number of nitro groups is 2. The number of hydrogen-bond donors (Lipinski definition) is 0. The van der Waals surface area contributed by atoms with Gasteiger partial charge in [-0.25, -0.2) is 0 Å². The third-order valence-electron chi connectivity index (χ3n) is 3.80. The zero-order valence-corrected chi connectivity index (χ0v) is 16.9. The molecule has 2 aromatic rings. The lowest BCUT2D eigenvalue weighted by Crippen LogP contribution is -2.05. The summed E-state index contributed by atoms with van der Waals surface area (Å²) in [6.45, 7) is 0. The maximum absolute atomic E-state index is 12.1. The van der Waals surface area contributed by atoms with Gasteiger partial charge in [-0.05, 0) is 17.9 Å². The smallest absolute Gasteiger partial charge is 0.270 e. The second-order valence-electron chi connectivity index (χ2n) is 5.92. The summed E-state index contributed by atoms with van der Waals surface area (Å²) < 4.78 is 0. The van der Waals surface area contributed by atoms with Crippen LogP contribution in [0.5, 0.6) is 0 Å². The molecule has 0 aliphatic heterocycles. The Morgan fingerprint density at radius 2 is 1.17 bits per heavy atom. The number of rotatable bonds is 12. The molecule has 0 amide bonds. The average Bonchev–Trinajstić information content (AvgIpc) is 2.72. The van der Waals surface area contributed by atoms with E-state index >= 15 is 0 Å². The van der Waals surface area contributed by atoms with Gasteiger partial charge >= 0.3 is 0 Å². The molecule has 0 aromatic heterocycles. The molecule has 0 spiro atoms. The number of nitrogens with zero attached hydrogens (tertiary/aromatic N) is 2. The molecule has 0 radical (unpaired) electrons. The summed E-state index contributed by atoms with van der Waals surface area (Å²) >= 11 is 2.88. The van der Waals surface area contributed by atoms with Crippen LogP contribution in [0.1, 0.15) is 27.1 Å². The monoisotopic (exact) mass is 434 g/mol. The third kappa shape index (κ3) is 7.31. The molecule has 0 fully saturated rings. The van der Waals surface area contributed by atoms with Crippen molar-refractivity contribution < 1.29 is 19.4 Å². The first-order valence-corrected chi connectivity index (χ1v) is 10.9. The summed E-state index contributed by atoms with van der Waals surface area (Å²) in [5.41, 5.74) is 0.434. The van der Waals surface area contributed by atoms with Crippen LogP contribution in [0.25, 0.3) is 0 Å². The molecule has 0 N–H and O–H groups in total. The quantitative estimate of drug-likeness (QED) is 0.208. The molecule has 0 heterocycles. The molecule has 0 bridgehead atoms. The van der Waals surface area contributed by atoms with Gasteiger partial charge in [0, 0.05) is 35.4 Å². The molecule has 0 saturated carbocycles. The van der Waals surface area contributed by atoms with Crippen molar-refractivity contribution in [2.75, 3.05) is 23.0 Å². The highest BCUT2D eigenvalue weighted by Crippen LogP contribution is 2.18. The van der Waals surface area contributed by atoms with Crippen LogP contribution >= 0.6 is 23.5 Å². The van der Waals surface area contributed by atoms with E-state index in [1.807, 2.05) is 0 Å². The van der Waals surface area contributed by atoms with Crippen LogP contribution in [-0.2, 0) is 0 Å². The van der Waals surface area contributed by atoms with Crippen molar-refractivity contribution in [2.24, 2.45) is 0 Å². The molecule has 8 nitrogen and oxygen atoms in total. The van der Waals surface area contributed by atoms with E-state index in [-0.39, 0.29) is 34.4 Å². The summed E-state index contributed by atoms with van der Waals surface area (Å²) in [6, 6.07) is 11.3. The minimum Gasteiger partial charge on any atom is -0.293 e. The summed E-state index contributed by atoms with van der Waals surface area (Å²) in [7, 11) is 0. The highest BCUT2D eigenvalue weighted by Gasteiger charge is 2.12. The van der Waals surface area contributed by atoms with Crippen molar-refractivity contribution in [3.63, 3.8) is 0 Å². The minimum absolute atomic E-state index is 0.106. The fourth-order valence-electron chi connectivity index (χ4n) is 2.35. The Morgan fingerprint density at radius 3 is 1.55 bits per heavy atom. The molecule has 152 valence electrons. The van der Waals surface area contributed by atoms with E-state index in [1.54, 1.807) is 12.1 Å². The predicted octanol–water partition coefficient (Wildman–Crippen LogP) is 4.43. The van der Waals surface area contributed by atoms with Crippen LogP contribution in [0.3, 0.4) is 0 Å². The van der Waals surface area contributed by atoms with Crippen molar-refractivity contribution in [3.8, 4) is 0 Å². The molecule has 2 rings (SSSR count). The SMILES string of the molecule is O=C(CSCCCSCC(=O)c1cccc([N+](=O)[O-])c1)c1cccc([N+](=O)[O-])c1. The number of thioether (sulfide) groups is 2.